The molecule has 2 atom stereocenters. The molecule has 1 amide bonds. The number of aromatic nitrogens is 1. The molecule has 3 rings (SSSR count). The van der Waals surface area contributed by atoms with Gasteiger partial charge in [-0.2, -0.15) is 0 Å². The fourth-order valence-corrected chi connectivity index (χ4v) is 3.65. The highest BCUT2D eigenvalue weighted by molar-refractivity contribution is 6.29. The third-order valence-electron chi connectivity index (χ3n) is 4.69. The molecule has 1 aromatic rings. The lowest BCUT2D eigenvalue weighted by Gasteiger charge is -2.47. The highest BCUT2D eigenvalue weighted by atomic mass is 35.5. The van der Waals surface area contributed by atoms with Gasteiger partial charge in [-0.05, 0) is 31.4 Å². The van der Waals surface area contributed by atoms with E-state index in [0.29, 0.717) is 30.2 Å². The highest BCUT2D eigenvalue weighted by Crippen LogP contribution is 2.40. The zero-order valence-corrected chi connectivity index (χ0v) is 12.1. The summed E-state index contributed by atoms with van der Waals surface area (Å²) in [4.78, 5) is 18.2. The first kappa shape index (κ1) is 13.8. The van der Waals surface area contributed by atoms with Crippen molar-refractivity contribution in [3.05, 3.63) is 29.0 Å². The second-order valence-electron chi connectivity index (χ2n) is 5.91. The molecule has 0 radical (unpaired) electrons. The molecule has 2 aliphatic rings. The van der Waals surface area contributed by atoms with Crippen LogP contribution in [-0.2, 0) is 0 Å². The van der Waals surface area contributed by atoms with Crippen molar-refractivity contribution in [1.82, 2.24) is 9.88 Å². The molecule has 1 aliphatic heterocycles. The van der Waals surface area contributed by atoms with Crippen molar-refractivity contribution in [3.63, 3.8) is 0 Å². The van der Waals surface area contributed by atoms with Crippen molar-refractivity contribution in [2.75, 3.05) is 13.1 Å². The molecule has 5 heteroatoms. The first-order valence-corrected chi connectivity index (χ1v) is 7.59. The lowest BCUT2D eigenvalue weighted by molar-refractivity contribution is -0.0886. The first-order valence-electron chi connectivity index (χ1n) is 7.22. The average Bonchev–Trinajstić information content (AvgIpc) is 2.45. The smallest absolute Gasteiger partial charge is 0.254 e. The molecule has 20 heavy (non-hydrogen) atoms. The van der Waals surface area contributed by atoms with E-state index < -0.39 is 5.60 Å². The van der Waals surface area contributed by atoms with Gasteiger partial charge in [0, 0.05) is 30.8 Å². The van der Waals surface area contributed by atoms with Gasteiger partial charge in [0.1, 0.15) is 5.15 Å². The van der Waals surface area contributed by atoms with Crippen LogP contribution in [0.15, 0.2) is 18.3 Å². The van der Waals surface area contributed by atoms with Gasteiger partial charge < -0.3 is 10.0 Å². The molecular formula is C15H19ClN2O2. The standard InChI is InChI=1S/C15H19ClN2O2/c16-13-9-11(4-7-17-13)14(19)18-8-6-15(20)5-2-1-3-12(15)10-18/h4,7,9,12,20H,1-3,5-6,8,10H2. The number of hydrogen-bond donors (Lipinski definition) is 1. The molecule has 4 nitrogen and oxygen atoms in total. The van der Waals surface area contributed by atoms with E-state index in [9.17, 15) is 9.90 Å². The number of aliphatic hydroxyl groups is 1. The Morgan fingerprint density at radius 2 is 2.30 bits per heavy atom. The minimum absolute atomic E-state index is 0.0121. The van der Waals surface area contributed by atoms with Gasteiger partial charge in [-0.3, -0.25) is 4.79 Å². The van der Waals surface area contributed by atoms with Crippen LogP contribution in [-0.4, -0.2) is 39.6 Å². The minimum atomic E-state index is -0.551. The van der Waals surface area contributed by atoms with Gasteiger partial charge in [0.05, 0.1) is 5.60 Å². The van der Waals surface area contributed by atoms with Crippen LogP contribution in [0, 0.1) is 5.92 Å². The maximum Gasteiger partial charge on any atom is 0.254 e. The van der Waals surface area contributed by atoms with Crippen molar-refractivity contribution in [2.45, 2.75) is 37.7 Å². The molecule has 0 spiro atoms. The SMILES string of the molecule is O=C(c1ccnc(Cl)c1)N1CCC2(O)CCCCC2C1. The first-order chi connectivity index (χ1) is 9.58. The van der Waals surface area contributed by atoms with Crippen molar-refractivity contribution >= 4 is 17.5 Å². The topological polar surface area (TPSA) is 53.4 Å². The number of halogens is 1. The summed E-state index contributed by atoms with van der Waals surface area (Å²) in [5.74, 6) is 0.202. The van der Waals surface area contributed by atoms with Crippen LogP contribution in [0.5, 0.6) is 0 Å². The van der Waals surface area contributed by atoms with Crippen molar-refractivity contribution < 1.29 is 9.90 Å². The van der Waals surface area contributed by atoms with Gasteiger partial charge >= 0.3 is 0 Å². The molecule has 1 saturated carbocycles. The van der Waals surface area contributed by atoms with Crippen molar-refractivity contribution in [3.8, 4) is 0 Å². The van der Waals surface area contributed by atoms with Crippen molar-refractivity contribution in [1.29, 1.82) is 0 Å². The molecule has 1 aliphatic carbocycles. The molecule has 0 bridgehead atoms. The molecule has 2 heterocycles. The van der Waals surface area contributed by atoms with E-state index >= 15 is 0 Å². The van der Waals surface area contributed by atoms with E-state index in [1.54, 1.807) is 18.3 Å². The van der Waals surface area contributed by atoms with Crippen LogP contribution in [0.1, 0.15) is 42.5 Å². The number of carbonyl (C=O) groups is 1. The van der Waals surface area contributed by atoms with Crippen LogP contribution in [0.4, 0.5) is 0 Å². The number of carbonyl (C=O) groups excluding carboxylic acids is 1. The summed E-state index contributed by atoms with van der Waals surface area (Å²) in [5, 5.41) is 11.0. The number of nitrogens with zero attached hydrogens (tertiary/aromatic N) is 2. The number of fused-ring (bicyclic) bond motifs is 1. The number of rotatable bonds is 1. The van der Waals surface area contributed by atoms with Gasteiger partial charge in [-0.25, -0.2) is 4.98 Å². The van der Waals surface area contributed by atoms with Crippen LogP contribution in [0.3, 0.4) is 0 Å². The Morgan fingerprint density at radius 3 is 3.10 bits per heavy atom. The van der Waals surface area contributed by atoms with E-state index in [4.69, 9.17) is 11.6 Å². The summed E-state index contributed by atoms with van der Waals surface area (Å²) >= 11 is 5.84. The molecule has 2 fully saturated rings. The average molecular weight is 295 g/mol. The summed E-state index contributed by atoms with van der Waals surface area (Å²) in [5.41, 5.74) is 0.0246. The van der Waals surface area contributed by atoms with Gasteiger partial charge in [-0.15, -0.1) is 0 Å². The summed E-state index contributed by atoms with van der Waals surface area (Å²) < 4.78 is 0. The highest BCUT2D eigenvalue weighted by Gasteiger charge is 2.43. The van der Waals surface area contributed by atoms with E-state index in [2.05, 4.69) is 4.98 Å². The summed E-state index contributed by atoms with van der Waals surface area (Å²) in [7, 11) is 0. The maximum atomic E-state index is 12.5. The Morgan fingerprint density at radius 1 is 1.45 bits per heavy atom. The molecular weight excluding hydrogens is 276 g/mol. The summed E-state index contributed by atoms with van der Waals surface area (Å²) in [6.07, 6.45) is 6.37. The number of hydrogen-bond acceptors (Lipinski definition) is 3. The zero-order valence-electron chi connectivity index (χ0n) is 11.4. The fraction of sp³-hybridized carbons (Fsp3) is 0.600. The molecule has 0 aromatic carbocycles. The fourth-order valence-electron chi connectivity index (χ4n) is 3.47. The number of pyridine rings is 1. The molecule has 2 unspecified atom stereocenters. The summed E-state index contributed by atoms with van der Waals surface area (Å²) in [6.45, 7) is 1.26. The third-order valence-corrected chi connectivity index (χ3v) is 4.90. The quantitative estimate of drug-likeness (QED) is 0.810. The van der Waals surface area contributed by atoms with Gasteiger partial charge in [0.25, 0.3) is 5.91 Å². The normalized spacial score (nSPS) is 29.9. The van der Waals surface area contributed by atoms with E-state index in [0.717, 1.165) is 25.7 Å². The Hall–Kier alpha value is -1.13. The van der Waals surface area contributed by atoms with E-state index in [1.807, 2.05) is 4.90 Å². The van der Waals surface area contributed by atoms with Crippen LogP contribution < -0.4 is 0 Å². The lowest BCUT2D eigenvalue weighted by atomic mass is 9.71. The Balaban J connectivity index is 1.74. The number of amides is 1. The lowest BCUT2D eigenvalue weighted by Crippen LogP contribution is -2.54. The third kappa shape index (κ3) is 2.54. The van der Waals surface area contributed by atoms with Gasteiger partial charge in [-0.1, -0.05) is 24.4 Å². The number of likely N-dealkylation sites (tertiary alicyclic amines) is 1. The Kier molecular flexibility index (Phi) is 3.69. The van der Waals surface area contributed by atoms with E-state index in [1.165, 1.54) is 0 Å². The Labute approximate surface area is 123 Å². The predicted octanol–water partition coefficient (Wildman–Crippen LogP) is 2.50. The second-order valence-corrected chi connectivity index (χ2v) is 6.30. The molecule has 1 saturated heterocycles. The molecule has 1 aromatic heterocycles. The van der Waals surface area contributed by atoms with Crippen LogP contribution in [0.2, 0.25) is 5.15 Å². The minimum Gasteiger partial charge on any atom is -0.389 e. The maximum absolute atomic E-state index is 12.5. The van der Waals surface area contributed by atoms with Gasteiger partial charge in [0.2, 0.25) is 0 Å². The molecule has 1 N–H and O–H groups in total. The predicted molar refractivity (Wildman–Crippen MR) is 76.7 cm³/mol. The molecule has 108 valence electrons. The number of piperidine rings is 1. The zero-order chi connectivity index (χ0) is 14.2. The van der Waals surface area contributed by atoms with Gasteiger partial charge in [0.15, 0.2) is 0 Å². The monoisotopic (exact) mass is 294 g/mol. The van der Waals surface area contributed by atoms with E-state index in [-0.39, 0.29) is 11.8 Å². The van der Waals surface area contributed by atoms with Crippen LogP contribution in [0.25, 0.3) is 0 Å². The van der Waals surface area contributed by atoms with Crippen LogP contribution >= 0.6 is 11.6 Å². The Bertz CT molecular complexity index is 522. The largest absolute Gasteiger partial charge is 0.389 e. The summed E-state index contributed by atoms with van der Waals surface area (Å²) in [6, 6.07) is 3.29. The second kappa shape index (κ2) is 5.34. The van der Waals surface area contributed by atoms with Crippen molar-refractivity contribution in [2.24, 2.45) is 5.92 Å².